The van der Waals surface area contributed by atoms with Crippen LogP contribution in [-0.4, -0.2) is 60.2 Å². The average molecular weight is 411 g/mol. The number of nitrogens with zero attached hydrogens (tertiary/aromatic N) is 2. The zero-order valence-corrected chi connectivity index (χ0v) is 17.8. The summed E-state index contributed by atoms with van der Waals surface area (Å²) in [6, 6.07) is 6.39. The monoisotopic (exact) mass is 410 g/mol. The molecule has 0 unspecified atom stereocenters. The molecular formula is C21H31FN2O3S. The van der Waals surface area contributed by atoms with Gasteiger partial charge in [-0.15, -0.1) is 11.8 Å². The highest BCUT2D eigenvalue weighted by Crippen LogP contribution is 2.37. The van der Waals surface area contributed by atoms with Crippen molar-refractivity contribution in [3.8, 4) is 0 Å². The molecule has 0 aromatic heterocycles. The van der Waals surface area contributed by atoms with Crippen LogP contribution in [0, 0.1) is 11.7 Å². The quantitative estimate of drug-likeness (QED) is 0.551. The highest BCUT2D eigenvalue weighted by Gasteiger charge is 2.31. The fraction of sp³-hybridized carbons (Fsp3) is 0.619. The Morgan fingerprint density at radius 3 is 2.68 bits per heavy atom. The maximum Gasteiger partial charge on any atom is 0.305 e. The van der Waals surface area contributed by atoms with Gasteiger partial charge in [0.25, 0.3) is 0 Å². The molecule has 1 fully saturated rings. The van der Waals surface area contributed by atoms with Crippen LogP contribution in [0.1, 0.15) is 44.6 Å². The lowest BCUT2D eigenvalue weighted by Crippen LogP contribution is -2.41. The number of rotatable bonds is 10. The van der Waals surface area contributed by atoms with Crippen molar-refractivity contribution in [3.63, 3.8) is 0 Å². The van der Waals surface area contributed by atoms with E-state index in [1.807, 2.05) is 4.90 Å². The lowest BCUT2D eigenvalue weighted by molar-refractivity contribution is -0.143. The van der Waals surface area contributed by atoms with Gasteiger partial charge in [0.05, 0.1) is 13.2 Å². The van der Waals surface area contributed by atoms with Crippen molar-refractivity contribution in [1.82, 2.24) is 9.80 Å². The standard InChI is InChI=1S/C21H31FN2O3S/c1-4-27-20(26)6-5-11-23(14-16(2)3)15-19(25)24-12-13-28-21(24)17-7-9-18(22)10-8-17/h7-10,16,21H,4-6,11-15H2,1-3H3/t21-/m0/s1. The number of carbonyl (C=O) groups excluding carboxylic acids is 2. The highest BCUT2D eigenvalue weighted by atomic mass is 32.2. The van der Waals surface area contributed by atoms with Crippen LogP contribution in [0.15, 0.2) is 24.3 Å². The summed E-state index contributed by atoms with van der Waals surface area (Å²) in [6.07, 6.45) is 1.05. The van der Waals surface area contributed by atoms with Crippen LogP contribution in [0.2, 0.25) is 0 Å². The number of hydrogen-bond acceptors (Lipinski definition) is 5. The van der Waals surface area contributed by atoms with E-state index < -0.39 is 0 Å². The molecule has 0 spiro atoms. The van der Waals surface area contributed by atoms with Crippen LogP contribution in [-0.2, 0) is 14.3 Å². The first-order chi connectivity index (χ1) is 13.4. The van der Waals surface area contributed by atoms with Crippen LogP contribution < -0.4 is 0 Å². The molecule has 0 saturated carbocycles. The summed E-state index contributed by atoms with van der Waals surface area (Å²) in [5.74, 6) is 0.924. The van der Waals surface area contributed by atoms with E-state index in [-0.39, 0.29) is 23.1 Å². The van der Waals surface area contributed by atoms with Crippen molar-refractivity contribution in [1.29, 1.82) is 0 Å². The molecule has 1 aliphatic heterocycles. The maximum atomic E-state index is 13.2. The lowest BCUT2D eigenvalue weighted by Gasteiger charge is -2.29. The lowest BCUT2D eigenvalue weighted by atomic mass is 10.1. The topological polar surface area (TPSA) is 49.9 Å². The minimum absolute atomic E-state index is 0.0615. The molecule has 1 aromatic rings. The summed E-state index contributed by atoms with van der Waals surface area (Å²) in [6.45, 7) is 8.95. The number of esters is 1. The van der Waals surface area contributed by atoms with Crippen LogP contribution >= 0.6 is 11.8 Å². The third kappa shape index (κ3) is 7.09. The van der Waals surface area contributed by atoms with Crippen LogP contribution in [0.5, 0.6) is 0 Å². The number of amides is 1. The molecule has 1 amide bonds. The second-order valence-corrected chi connectivity index (χ2v) is 8.59. The molecule has 1 aliphatic rings. The van der Waals surface area contributed by atoms with Gasteiger partial charge in [0.15, 0.2) is 0 Å². The molecule has 1 aromatic carbocycles. The summed E-state index contributed by atoms with van der Waals surface area (Å²) in [5, 5.41) is -0.0615. The normalized spacial score (nSPS) is 16.8. The molecule has 0 bridgehead atoms. The Morgan fingerprint density at radius 2 is 2.04 bits per heavy atom. The molecule has 5 nitrogen and oxygen atoms in total. The first kappa shape index (κ1) is 22.7. The Kier molecular flexibility index (Phi) is 9.25. The Morgan fingerprint density at radius 1 is 1.32 bits per heavy atom. The summed E-state index contributed by atoms with van der Waals surface area (Å²) >= 11 is 1.71. The van der Waals surface area contributed by atoms with Gasteiger partial charge in [0.2, 0.25) is 5.91 Å². The minimum Gasteiger partial charge on any atom is -0.466 e. The average Bonchev–Trinajstić information content (AvgIpc) is 3.12. The number of thioether (sulfide) groups is 1. The predicted molar refractivity (Wildman–Crippen MR) is 110 cm³/mol. The molecule has 7 heteroatoms. The van der Waals surface area contributed by atoms with E-state index in [0.29, 0.717) is 45.0 Å². The van der Waals surface area contributed by atoms with Gasteiger partial charge in [-0.1, -0.05) is 26.0 Å². The second-order valence-electron chi connectivity index (χ2n) is 7.40. The summed E-state index contributed by atoms with van der Waals surface area (Å²) < 4.78 is 18.2. The number of carbonyl (C=O) groups is 2. The van der Waals surface area contributed by atoms with Gasteiger partial charge in [0, 0.05) is 25.3 Å². The molecule has 28 heavy (non-hydrogen) atoms. The zero-order valence-electron chi connectivity index (χ0n) is 17.0. The predicted octanol–water partition coefficient (Wildman–Crippen LogP) is 3.70. The van der Waals surface area contributed by atoms with Gasteiger partial charge in [-0.3, -0.25) is 14.5 Å². The number of ether oxygens (including phenoxy) is 1. The van der Waals surface area contributed by atoms with Gasteiger partial charge in [-0.25, -0.2) is 4.39 Å². The number of benzene rings is 1. The smallest absolute Gasteiger partial charge is 0.305 e. The number of hydrogen-bond donors (Lipinski definition) is 0. The molecule has 0 radical (unpaired) electrons. The van der Waals surface area contributed by atoms with E-state index in [9.17, 15) is 14.0 Å². The minimum atomic E-state index is -0.269. The summed E-state index contributed by atoms with van der Waals surface area (Å²) in [4.78, 5) is 28.6. The number of halogens is 1. The Bertz CT molecular complexity index is 639. The van der Waals surface area contributed by atoms with Crippen molar-refractivity contribution in [2.75, 3.05) is 38.5 Å². The fourth-order valence-electron chi connectivity index (χ4n) is 3.34. The van der Waals surface area contributed by atoms with Crippen molar-refractivity contribution in [3.05, 3.63) is 35.6 Å². The highest BCUT2D eigenvalue weighted by molar-refractivity contribution is 7.99. The van der Waals surface area contributed by atoms with Gasteiger partial charge in [-0.2, -0.15) is 0 Å². The first-order valence-corrected chi connectivity index (χ1v) is 11.0. The molecular weight excluding hydrogens is 379 g/mol. The molecule has 2 rings (SSSR count). The second kappa shape index (κ2) is 11.4. The van der Waals surface area contributed by atoms with E-state index in [4.69, 9.17) is 4.74 Å². The van der Waals surface area contributed by atoms with E-state index >= 15 is 0 Å². The van der Waals surface area contributed by atoms with Gasteiger partial charge < -0.3 is 9.64 Å². The molecule has 1 saturated heterocycles. The fourth-order valence-corrected chi connectivity index (χ4v) is 4.62. The van der Waals surface area contributed by atoms with Crippen LogP contribution in [0.4, 0.5) is 4.39 Å². The molecule has 1 atom stereocenters. The van der Waals surface area contributed by atoms with E-state index in [0.717, 1.165) is 17.9 Å². The summed E-state index contributed by atoms with van der Waals surface area (Å²) in [5.41, 5.74) is 0.954. The molecule has 0 aliphatic carbocycles. The Labute approximate surface area is 171 Å². The SMILES string of the molecule is CCOC(=O)CCCN(CC(=O)N1CCS[C@H]1c1ccc(F)cc1)CC(C)C. The Balaban J connectivity index is 1.95. The summed E-state index contributed by atoms with van der Waals surface area (Å²) in [7, 11) is 0. The van der Waals surface area contributed by atoms with E-state index in [2.05, 4.69) is 18.7 Å². The zero-order chi connectivity index (χ0) is 20.5. The molecule has 0 N–H and O–H groups in total. The van der Waals surface area contributed by atoms with Crippen molar-refractivity contribution < 1.29 is 18.7 Å². The molecule has 1 heterocycles. The van der Waals surface area contributed by atoms with Crippen LogP contribution in [0.25, 0.3) is 0 Å². The maximum absolute atomic E-state index is 13.2. The van der Waals surface area contributed by atoms with Gasteiger partial charge in [-0.05, 0) is 43.5 Å². The molecule has 156 valence electrons. The third-order valence-corrected chi connectivity index (χ3v) is 5.77. The Hall–Kier alpha value is -1.60. The van der Waals surface area contributed by atoms with Crippen molar-refractivity contribution >= 4 is 23.6 Å². The third-order valence-electron chi connectivity index (χ3n) is 4.51. The van der Waals surface area contributed by atoms with Crippen LogP contribution in [0.3, 0.4) is 0 Å². The van der Waals surface area contributed by atoms with E-state index in [1.54, 1.807) is 30.8 Å². The van der Waals surface area contributed by atoms with Gasteiger partial charge >= 0.3 is 5.97 Å². The van der Waals surface area contributed by atoms with E-state index in [1.165, 1.54) is 12.1 Å². The largest absolute Gasteiger partial charge is 0.466 e. The van der Waals surface area contributed by atoms with Crippen molar-refractivity contribution in [2.45, 2.75) is 39.0 Å². The van der Waals surface area contributed by atoms with Crippen molar-refractivity contribution in [2.24, 2.45) is 5.92 Å². The first-order valence-electron chi connectivity index (χ1n) is 9.95. The van der Waals surface area contributed by atoms with Gasteiger partial charge in [0.1, 0.15) is 11.2 Å².